The van der Waals surface area contributed by atoms with Gasteiger partial charge in [-0.05, 0) is 53.6 Å². The molecule has 6 rings (SSSR count). The van der Waals surface area contributed by atoms with Crippen LogP contribution in [0.1, 0.15) is 21.6 Å². The molecular weight excluding hydrogens is 478 g/mol. The van der Waals surface area contributed by atoms with Crippen molar-refractivity contribution in [3.8, 4) is 11.1 Å². The van der Waals surface area contributed by atoms with Crippen molar-refractivity contribution < 1.29 is 9.59 Å². The lowest BCUT2D eigenvalue weighted by Gasteiger charge is -2.34. The van der Waals surface area contributed by atoms with Gasteiger partial charge in [0.2, 0.25) is 0 Å². The molecule has 38 heavy (non-hydrogen) atoms. The van der Waals surface area contributed by atoms with Crippen molar-refractivity contribution >= 4 is 28.2 Å². The highest BCUT2D eigenvalue weighted by Crippen LogP contribution is 2.31. The summed E-state index contributed by atoms with van der Waals surface area (Å²) in [5.41, 5.74) is 6.38. The summed E-state index contributed by atoms with van der Waals surface area (Å²) in [6, 6.07) is 15.4. The molecule has 1 N–H and O–H groups in total. The second-order valence-electron chi connectivity index (χ2n) is 9.49. The van der Waals surface area contributed by atoms with Crippen LogP contribution < -0.4 is 0 Å². The van der Waals surface area contributed by atoms with E-state index in [4.69, 9.17) is 0 Å². The highest BCUT2D eigenvalue weighted by molar-refractivity contribution is 5.98. The summed E-state index contributed by atoms with van der Waals surface area (Å²) < 4.78 is 1.63. The van der Waals surface area contributed by atoms with Gasteiger partial charge in [-0.2, -0.15) is 14.8 Å². The maximum Gasteiger partial charge on any atom is 0.253 e. The molecule has 0 radical (unpaired) electrons. The fraction of sp³-hybridized carbons (Fsp3) is 0.207. The summed E-state index contributed by atoms with van der Waals surface area (Å²) in [6.45, 7) is 7.11. The molecule has 1 amide bonds. The van der Waals surface area contributed by atoms with Gasteiger partial charge in [-0.3, -0.25) is 14.5 Å². The van der Waals surface area contributed by atoms with Gasteiger partial charge in [-0.15, -0.1) is 0 Å². The molecule has 4 aromatic heterocycles. The lowest BCUT2D eigenvalue weighted by molar-refractivity contribution is -0.114. The van der Waals surface area contributed by atoms with E-state index in [-0.39, 0.29) is 18.1 Å². The average molecular weight is 506 g/mol. The first kappa shape index (κ1) is 23.7. The number of benzene rings is 1. The fourth-order valence-corrected chi connectivity index (χ4v) is 5.06. The van der Waals surface area contributed by atoms with Crippen molar-refractivity contribution in [1.29, 1.82) is 0 Å². The zero-order valence-corrected chi connectivity index (χ0v) is 20.9. The van der Waals surface area contributed by atoms with Gasteiger partial charge < -0.3 is 9.88 Å². The first-order valence-corrected chi connectivity index (χ1v) is 12.6. The minimum atomic E-state index is -0.0572. The van der Waals surface area contributed by atoms with Crippen molar-refractivity contribution in [2.45, 2.75) is 13.0 Å². The number of nitrogens with zero attached hydrogens (tertiary/aromatic N) is 6. The molecule has 0 atom stereocenters. The summed E-state index contributed by atoms with van der Waals surface area (Å²) in [5, 5.41) is 9.71. The fourth-order valence-electron chi connectivity index (χ4n) is 5.06. The van der Waals surface area contributed by atoms with Gasteiger partial charge in [-0.25, -0.2) is 4.98 Å². The summed E-state index contributed by atoms with van der Waals surface area (Å²) in [4.78, 5) is 37.1. The Labute approximate surface area is 219 Å². The van der Waals surface area contributed by atoms with Crippen LogP contribution in [0.5, 0.6) is 0 Å². The number of rotatable bonds is 7. The number of aromatic amines is 1. The third kappa shape index (κ3) is 4.59. The first-order valence-electron chi connectivity index (χ1n) is 12.6. The molecule has 1 aromatic carbocycles. The third-order valence-electron chi connectivity index (χ3n) is 7.02. The normalized spacial score (nSPS) is 14.3. The topological polar surface area (TPSA) is 99.5 Å². The van der Waals surface area contributed by atoms with Gasteiger partial charge in [0.25, 0.3) is 5.91 Å². The number of amides is 1. The van der Waals surface area contributed by atoms with E-state index in [9.17, 15) is 9.59 Å². The Kier molecular flexibility index (Phi) is 6.27. The van der Waals surface area contributed by atoms with Crippen molar-refractivity contribution in [3.05, 3.63) is 96.6 Å². The number of aromatic nitrogens is 5. The SMILES string of the molecule is C=CC(=O)Cc1cccc(C(=O)N2CCN(Cc3cc4c(-c5cnn6ncccc56)ccnc4[nH]3)CC2)c1. The summed E-state index contributed by atoms with van der Waals surface area (Å²) in [5.74, 6) is -0.0573. The number of hydrogen-bond donors (Lipinski definition) is 1. The van der Waals surface area contributed by atoms with E-state index in [2.05, 4.69) is 37.7 Å². The molecule has 0 unspecified atom stereocenters. The molecule has 1 aliphatic rings. The van der Waals surface area contributed by atoms with E-state index in [1.165, 1.54) is 6.08 Å². The van der Waals surface area contributed by atoms with Crippen LogP contribution in [0.4, 0.5) is 0 Å². The van der Waals surface area contributed by atoms with E-state index < -0.39 is 0 Å². The van der Waals surface area contributed by atoms with E-state index in [1.54, 1.807) is 10.8 Å². The van der Waals surface area contributed by atoms with Crippen LogP contribution in [-0.2, 0) is 17.8 Å². The molecule has 1 saturated heterocycles. The monoisotopic (exact) mass is 505 g/mol. The van der Waals surface area contributed by atoms with Crippen LogP contribution in [0.15, 0.2) is 79.8 Å². The Balaban J connectivity index is 1.13. The van der Waals surface area contributed by atoms with E-state index in [0.29, 0.717) is 18.7 Å². The minimum absolute atomic E-state index is 0.0000932. The maximum atomic E-state index is 13.1. The number of carbonyl (C=O) groups excluding carboxylic acids is 2. The number of piperazine rings is 1. The van der Waals surface area contributed by atoms with Gasteiger partial charge in [0.1, 0.15) is 5.65 Å². The standard InChI is InChI=1S/C29H27N7O2/c1-2-23(37)16-20-5-3-6-21(15-20)29(38)35-13-11-34(12-14-35)19-22-17-25-24(8-10-30-28(25)33-22)26-18-32-36-27(26)7-4-9-31-36/h2-10,15,17-18H,1,11-14,16,19H2,(H,30,33). The van der Waals surface area contributed by atoms with Crippen LogP contribution >= 0.6 is 0 Å². The van der Waals surface area contributed by atoms with Gasteiger partial charge in [0, 0.05) is 73.7 Å². The molecule has 5 aromatic rings. The number of hydrogen-bond acceptors (Lipinski definition) is 6. The molecule has 5 heterocycles. The average Bonchev–Trinajstić information content (AvgIpc) is 3.57. The van der Waals surface area contributed by atoms with Gasteiger partial charge in [0.15, 0.2) is 5.78 Å². The van der Waals surface area contributed by atoms with E-state index in [1.807, 2.05) is 59.8 Å². The van der Waals surface area contributed by atoms with E-state index >= 15 is 0 Å². The zero-order chi connectivity index (χ0) is 26.1. The molecule has 9 nitrogen and oxygen atoms in total. The van der Waals surface area contributed by atoms with Crippen LogP contribution in [0, 0.1) is 0 Å². The Morgan fingerprint density at radius 3 is 2.68 bits per heavy atom. The second-order valence-corrected chi connectivity index (χ2v) is 9.49. The molecule has 0 saturated carbocycles. The Bertz CT molecular complexity index is 1660. The molecular formula is C29H27N7O2. The van der Waals surface area contributed by atoms with Gasteiger partial charge in [0.05, 0.1) is 11.7 Å². The third-order valence-corrected chi connectivity index (χ3v) is 7.02. The molecule has 9 heteroatoms. The number of allylic oxidation sites excluding steroid dienone is 1. The number of H-pyrrole nitrogens is 1. The predicted molar refractivity (Wildman–Crippen MR) is 145 cm³/mol. The minimum Gasteiger partial charge on any atom is -0.342 e. The summed E-state index contributed by atoms with van der Waals surface area (Å²) >= 11 is 0. The number of pyridine rings is 1. The van der Waals surface area contributed by atoms with Crippen LogP contribution in [0.3, 0.4) is 0 Å². The molecule has 0 bridgehead atoms. The van der Waals surface area contributed by atoms with Crippen molar-refractivity contribution in [2.24, 2.45) is 0 Å². The van der Waals surface area contributed by atoms with Crippen LogP contribution in [0.2, 0.25) is 0 Å². The number of fused-ring (bicyclic) bond motifs is 2. The van der Waals surface area contributed by atoms with Gasteiger partial charge >= 0.3 is 0 Å². The van der Waals surface area contributed by atoms with Gasteiger partial charge in [-0.1, -0.05) is 18.7 Å². The largest absolute Gasteiger partial charge is 0.342 e. The highest BCUT2D eigenvalue weighted by Gasteiger charge is 2.23. The van der Waals surface area contributed by atoms with Crippen molar-refractivity contribution in [3.63, 3.8) is 0 Å². The van der Waals surface area contributed by atoms with Crippen LogP contribution in [0.25, 0.3) is 27.7 Å². The molecule has 0 spiro atoms. The number of carbonyl (C=O) groups is 2. The maximum absolute atomic E-state index is 13.1. The highest BCUT2D eigenvalue weighted by atomic mass is 16.2. The number of ketones is 1. The Hall–Kier alpha value is -4.63. The second kappa shape index (κ2) is 10.0. The molecule has 1 aliphatic heterocycles. The Morgan fingerprint density at radius 1 is 0.974 bits per heavy atom. The first-order chi connectivity index (χ1) is 18.6. The molecule has 190 valence electrons. The van der Waals surface area contributed by atoms with Crippen molar-refractivity contribution in [2.75, 3.05) is 26.2 Å². The number of nitrogens with one attached hydrogen (secondary N) is 1. The smallest absolute Gasteiger partial charge is 0.253 e. The lowest BCUT2D eigenvalue weighted by atomic mass is 10.0. The molecule has 0 aliphatic carbocycles. The summed E-state index contributed by atoms with van der Waals surface area (Å²) in [6.07, 6.45) is 6.94. The quantitative estimate of drug-likeness (QED) is 0.340. The summed E-state index contributed by atoms with van der Waals surface area (Å²) in [7, 11) is 0. The van der Waals surface area contributed by atoms with E-state index in [0.717, 1.165) is 58.6 Å². The zero-order valence-electron chi connectivity index (χ0n) is 20.9. The lowest BCUT2D eigenvalue weighted by Crippen LogP contribution is -2.48. The molecule has 1 fully saturated rings. The predicted octanol–water partition coefficient (Wildman–Crippen LogP) is 3.53. The van der Waals surface area contributed by atoms with Crippen LogP contribution in [-0.4, -0.2) is 72.5 Å². The Morgan fingerprint density at radius 2 is 1.84 bits per heavy atom. The van der Waals surface area contributed by atoms with Crippen molar-refractivity contribution in [1.82, 2.24) is 34.6 Å².